The highest BCUT2D eigenvalue weighted by Crippen LogP contribution is 2.32. The molecule has 2 aromatic carbocycles. The molecule has 0 unspecified atom stereocenters. The lowest BCUT2D eigenvalue weighted by Crippen LogP contribution is -2.36. The predicted molar refractivity (Wildman–Crippen MR) is 116 cm³/mol. The van der Waals surface area contributed by atoms with Crippen molar-refractivity contribution < 1.29 is 9.72 Å². The number of piperidine rings is 1. The number of benzene rings is 2. The minimum atomic E-state index is -0.523. The average Bonchev–Trinajstić information content (AvgIpc) is 2.73. The fourth-order valence-electron chi connectivity index (χ4n) is 3.54. The number of halogens is 1. The van der Waals surface area contributed by atoms with Gasteiger partial charge < -0.3 is 15.1 Å². The number of nitrogens with one attached hydrogen (secondary N) is 1. The Labute approximate surface area is 175 Å². The van der Waals surface area contributed by atoms with E-state index in [-0.39, 0.29) is 11.3 Å². The van der Waals surface area contributed by atoms with Crippen LogP contribution >= 0.6 is 11.6 Å². The van der Waals surface area contributed by atoms with Gasteiger partial charge in [-0.2, -0.15) is 0 Å². The molecule has 2 aromatic rings. The zero-order chi connectivity index (χ0) is 20.8. The van der Waals surface area contributed by atoms with Gasteiger partial charge in [0, 0.05) is 30.8 Å². The van der Waals surface area contributed by atoms with Gasteiger partial charge in [-0.25, -0.2) is 0 Å². The molecule has 1 saturated heterocycles. The maximum absolute atomic E-state index is 12.7. The van der Waals surface area contributed by atoms with E-state index in [1.807, 2.05) is 11.9 Å². The molecule has 0 atom stereocenters. The van der Waals surface area contributed by atoms with Gasteiger partial charge in [0.15, 0.2) is 0 Å². The van der Waals surface area contributed by atoms with E-state index < -0.39 is 10.8 Å². The van der Waals surface area contributed by atoms with Gasteiger partial charge in [0.25, 0.3) is 5.91 Å². The zero-order valence-electron chi connectivity index (χ0n) is 16.4. The van der Waals surface area contributed by atoms with Gasteiger partial charge in [0.2, 0.25) is 0 Å². The first-order valence-corrected chi connectivity index (χ1v) is 10.1. The van der Waals surface area contributed by atoms with Crippen LogP contribution in [-0.2, 0) is 0 Å². The summed E-state index contributed by atoms with van der Waals surface area (Å²) in [5, 5.41) is 15.1. The molecule has 0 saturated carbocycles. The van der Waals surface area contributed by atoms with E-state index in [0.29, 0.717) is 22.9 Å². The van der Waals surface area contributed by atoms with E-state index in [1.54, 1.807) is 36.4 Å². The first-order valence-electron chi connectivity index (χ1n) is 9.73. The Morgan fingerprint density at radius 1 is 1.17 bits per heavy atom. The monoisotopic (exact) mass is 416 g/mol. The lowest BCUT2D eigenvalue weighted by molar-refractivity contribution is -0.384. The zero-order valence-corrected chi connectivity index (χ0v) is 17.2. The number of carbonyl (C=O) groups excluding carboxylic acids is 1. The first kappa shape index (κ1) is 21.1. The highest BCUT2D eigenvalue weighted by atomic mass is 35.5. The molecule has 7 nitrogen and oxygen atoms in total. The van der Waals surface area contributed by atoms with Gasteiger partial charge in [-0.05, 0) is 62.3 Å². The lowest BCUT2D eigenvalue weighted by Gasteiger charge is -2.29. The van der Waals surface area contributed by atoms with E-state index in [9.17, 15) is 14.9 Å². The molecule has 0 spiro atoms. The Kier molecular flexibility index (Phi) is 7.06. The number of anilines is 2. The number of para-hydroxylation sites is 1. The molecule has 154 valence electrons. The van der Waals surface area contributed by atoms with Crippen LogP contribution in [0.1, 0.15) is 29.6 Å². The van der Waals surface area contributed by atoms with Crippen LogP contribution < -0.4 is 10.2 Å². The molecule has 1 heterocycles. The molecule has 0 aromatic heterocycles. The number of carbonyl (C=O) groups is 1. The summed E-state index contributed by atoms with van der Waals surface area (Å²) < 4.78 is 0. The van der Waals surface area contributed by atoms with Crippen LogP contribution in [0.25, 0.3) is 0 Å². The second-order valence-electron chi connectivity index (χ2n) is 7.22. The van der Waals surface area contributed by atoms with Crippen LogP contribution in [0.2, 0.25) is 5.02 Å². The summed E-state index contributed by atoms with van der Waals surface area (Å²) in [4.78, 5) is 28.3. The van der Waals surface area contributed by atoms with Gasteiger partial charge in [-0.3, -0.25) is 14.9 Å². The van der Waals surface area contributed by atoms with E-state index >= 15 is 0 Å². The Balaban J connectivity index is 1.78. The Bertz CT molecular complexity index is 867. The topological polar surface area (TPSA) is 78.7 Å². The summed E-state index contributed by atoms with van der Waals surface area (Å²) in [6.07, 6.45) is 3.66. The standard InChI is InChI=1S/C21H25ClN4O3/c1-24(14-15-25-12-3-2-4-13-25)19-7-5-6-18(20(19)26(28)29)21(27)23-17-10-8-16(22)9-11-17/h5-11H,2-4,12-15H2,1H3,(H,23,27). The van der Waals surface area contributed by atoms with Crippen molar-refractivity contribution in [1.29, 1.82) is 0 Å². The molecule has 1 fully saturated rings. The van der Waals surface area contributed by atoms with Crippen molar-refractivity contribution in [2.75, 3.05) is 43.4 Å². The van der Waals surface area contributed by atoms with Crippen LogP contribution in [0.5, 0.6) is 0 Å². The molecule has 0 radical (unpaired) electrons. The number of hydrogen-bond donors (Lipinski definition) is 1. The Hall–Kier alpha value is -2.64. The number of nitro groups is 1. The summed E-state index contributed by atoms with van der Waals surface area (Å²) in [6, 6.07) is 11.4. The molecule has 0 aliphatic carbocycles. The van der Waals surface area contributed by atoms with Crippen molar-refractivity contribution in [2.45, 2.75) is 19.3 Å². The number of nitrogens with zero attached hydrogens (tertiary/aromatic N) is 3. The Morgan fingerprint density at radius 3 is 2.52 bits per heavy atom. The van der Waals surface area contributed by atoms with Crippen molar-refractivity contribution >= 4 is 34.6 Å². The lowest BCUT2D eigenvalue weighted by atomic mass is 10.1. The molecule has 1 amide bonds. The molecular formula is C21H25ClN4O3. The normalized spacial score (nSPS) is 14.4. The highest BCUT2D eigenvalue weighted by molar-refractivity contribution is 6.30. The third kappa shape index (κ3) is 5.46. The molecule has 1 aliphatic heterocycles. The van der Waals surface area contributed by atoms with E-state index in [0.717, 1.165) is 19.6 Å². The highest BCUT2D eigenvalue weighted by Gasteiger charge is 2.26. The second-order valence-corrected chi connectivity index (χ2v) is 7.65. The molecule has 1 aliphatic rings. The summed E-state index contributed by atoms with van der Waals surface area (Å²) in [7, 11) is 1.83. The van der Waals surface area contributed by atoms with E-state index in [1.165, 1.54) is 25.3 Å². The summed E-state index contributed by atoms with van der Waals surface area (Å²) >= 11 is 5.86. The number of rotatable bonds is 7. The van der Waals surface area contributed by atoms with Crippen LogP contribution in [0.15, 0.2) is 42.5 Å². The third-order valence-corrected chi connectivity index (χ3v) is 5.41. The fraction of sp³-hybridized carbons (Fsp3) is 0.381. The van der Waals surface area contributed by atoms with Crippen LogP contribution in [0.4, 0.5) is 17.1 Å². The van der Waals surface area contributed by atoms with Gasteiger partial charge in [0.05, 0.1) is 4.92 Å². The van der Waals surface area contributed by atoms with Gasteiger partial charge in [0.1, 0.15) is 11.3 Å². The number of likely N-dealkylation sites (N-methyl/N-ethyl adjacent to an activating group) is 1. The third-order valence-electron chi connectivity index (χ3n) is 5.16. The van der Waals surface area contributed by atoms with E-state index in [4.69, 9.17) is 11.6 Å². The van der Waals surface area contributed by atoms with Crippen molar-refractivity contribution in [1.82, 2.24) is 4.90 Å². The number of amides is 1. The van der Waals surface area contributed by atoms with Crippen LogP contribution in [0, 0.1) is 10.1 Å². The number of nitro benzene ring substituents is 1. The first-order chi connectivity index (χ1) is 14.0. The largest absolute Gasteiger partial charge is 0.368 e. The summed E-state index contributed by atoms with van der Waals surface area (Å²) in [5.74, 6) is -0.523. The van der Waals surface area contributed by atoms with Gasteiger partial charge >= 0.3 is 5.69 Å². The maximum Gasteiger partial charge on any atom is 0.305 e. The summed E-state index contributed by atoms with van der Waals surface area (Å²) in [6.45, 7) is 3.64. The molecule has 3 rings (SSSR count). The number of likely N-dealkylation sites (tertiary alicyclic amines) is 1. The van der Waals surface area contributed by atoms with Crippen molar-refractivity contribution in [3.8, 4) is 0 Å². The minimum absolute atomic E-state index is 0.0345. The Morgan fingerprint density at radius 2 is 1.86 bits per heavy atom. The van der Waals surface area contributed by atoms with Crippen molar-refractivity contribution in [2.24, 2.45) is 0 Å². The molecule has 8 heteroatoms. The minimum Gasteiger partial charge on any atom is -0.368 e. The van der Waals surface area contributed by atoms with Gasteiger partial charge in [-0.15, -0.1) is 0 Å². The molecule has 29 heavy (non-hydrogen) atoms. The smallest absolute Gasteiger partial charge is 0.305 e. The van der Waals surface area contributed by atoms with E-state index in [2.05, 4.69) is 10.2 Å². The van der Waals surface area contributed by atoms with Gasteiger partial charge in [-0.1, -0.05) is 24.1 Å². The fourth-order valence-corrected chi connectivity index (χ4v) is 3.67. The van der Waals surface area contributed by atoms with Crippen molar-refractivity contribution in [3.05, 3.63) is 63.2 Å². The average molecular weight is 417 g/mol. The molecule has 0 bridgehead atoms. The molecule has 1 N–H and O–H groups in total. The summed E-state index contributed by atoms with van der Waals surface area (Å²) in [5.41, 5.74) is 0.820. The van der Waals surface area contributed by atoms with Crippen molar-refractivity contribution in [3.63, 3.8) is 0 Å². The van der Waals surface area contributed by atoms with Crippen LogP contribution in [-0.4, -0.2) is 49.0 Å². The molecular weight excluding hydrogens is 392 g/mol. The van der Waals surface area contributed by atoms with Crippen LogP contribution in [0.3, 0.4) is 0 Å². The maximum atomic E-state index is 12.7. The second kappa shape index (κ2) is 9.71. The SMILES string of the molecule is CN(CCN1CCCCC1)c1cccc(C(=O)Nc2ccc(Cl)cc2)c1[N+](=O)[O-]. The quantitative estimate of drug-likeness (QED) is 0.533. The number of hydrogen-bond acceptors (Lipinski definition) is 5. The predicted octanol–water partition coefficient (Wildman–Crippen LogP) is 4.42.